The number of carbonyl (C=O) groups is 1. The SMILES string of the molecule is Cc1nnc(CNC(=O)C2CCNCC2)o1.Cl.Cl. The van der Waals surface area contributed by atoms with E-state index in [0.29, 0.717) is 18.3 Å². The lowest BCUT2D eigenvalue weighted by Crippen LogP contribution is -2.37. The number of aryl methyl sites for hydroxylation is 1. The molecule has 1 aromatic heterocycles. The predicted octanol–water partition coefficient (Wildman–Crippen LogP) is 0.837. The van der Waals surface area contributed by atoms with Crippen LogP contribution < -0.4 is 10.6 Å². The molecule has 6 nitrogen and oxygen atoms in total. The number of nitrogens with one attached hydrogen (secondary N) is 2. The number of hydrogen-bond acceptors (Lipinski definition) is 5. The van der Waals surface area contributed by atoms with Gasteiger partial charge in [-0.05, 0) is 25.9 Å². The highest BCUT2D eigenvalue weighted by atomic mass is 35.5. The van der Waals surface area contributed by atoms with Gasteiger partial charge in [-0.1, -0.05) is 0 Å². The second kappa shape index (κ2) is 8.29. The maximum atomic E-state index is 11.7. The zero-order valence-corrected chi connectivity index (χ0v) is 11.8. The van der Waals surface area contributed by atoms with Gasteiger partial charge in [-0.15, -0.1) is 35.0 Å². The maximum absolute atomic E-state index is 11.7. The smallest absolute Gasteiger partial charge is 0.235 e. The van der Waals surface area contributed by atoms with Crippen LogP contribution in [0.25, 0.3) is 0 Å². The molecule has 1 saturated heterocycles. The third kappa shape index (κ3) is 4.80. The molecule has 0 aromatic carbocycles. The lowest BCUT2D eigenvalue weighted by molar-refractivity contribution is -0.126. The first kappa shape index (κ1) is 17.2. The van der Waals surface area contributed by atoms with Crippen molar-refractivity contribution >= 4 is 30.7 Å². The number of carbonyl (C=O) groups excluding carboxylic acids is 1. The quantitative estimate of drug-likeness (QED) is 0.864. The zero-order valence-electron chi connectivity index (χ0n) is 10.1. The van der Waals surface area contributed by atoms with Crippen molar-refractivity contribution in [1.82, 2.24) is 20.8 Å². The van der Waals surface area contributed by atoms with Crippen molar-refractivity contribution in [2.45, 2.75) is 26.3 Å². The third-order valence-corrected chi connectivity index (χ3v) is 2.69. The summed E-state index contributed by atoms with van der Waals surface area (Å²) in [5.41, 5.74) is 0. The van der Waals surface area contributed by atoms with E-state index in [4.69, 9.17) is 4.42 Å². The highest BCUT2D eigenvalue weighted by molar-refractivity contribution is 5.85. The summed E-state index contributed by atoms with van der Waals surface area (Å²) in [4.78, 5) is 11.7. The van der Waals surface area contributed by atoms with Gasteiger partial charge in [0.15, 0.2) is 0 Å². The van der Waals surface area contributed by atoms with Gasteiger partial charge in [-0.2, -0.15) is 0 Å². The summed E-state index contributed by atoms with van der Waals surface area (Å²) in [6.07, 6.45) is 1.80. The lowest BCUT2D eigenvalue weighted by Gasteiger charge is -2.21. The van der Waals surface area contributed by atoms with Crippen LogP contribution in [0, 0.1) is 12.8 Å². The Kier molecular flexibility index (Phi) is 7.90. The Morgan fingerprint density at radius 1 is 1.39 bits per heavy atom. The number of halogens is 2. The fourth-order valence-corrected chi connectivity index (χ4v) is 1.80. The molecule has 0 bridgehead atoms. The van der Waals surface area contributed by atoms with Gasteiger partial charge in [0.2, 0.25) is 17.7 Å². The van der Waals surface area contributed by atoms with Gasteiger partial charge >= 0.3 is 0 Å². The van der Waals surface area contributed by atoms with Crippen LogP contribution >= 0.6 is 24.8 Å². The topological polar surface area (TPSA) is 80.0 Å². The predicted molar refractivity (Wildman–Crippen MR) is 71.0 cm³/mol. The van der Waals surface area contributed by atoms with Crippen molar-refractivity contribution in [2.75, 3.05) is 13.1 Å². The molecule has 8 heteroatoms. The van der Waals surface area contributed by atoms with Gasteiger partial charge in [0.25, 0.3) is 0 Å². The van der Waals surface area contributed by atoms with Crippen LogP contribution in [0.3, 0.4) is 0 Å². The normalized spacial score (nSPS) is 15.4. The van der Waals surface area contributed by atoms with E-state index in [9.17, 15) is 4.79 Å². The number of rotatable bonds is 3. The molecule has 2 N–H and O–H groups in total. The largest absolute Gasteiger partial charge is 0.424 e. The van der Waals surface area contributed by atoms with Crippen LogP contribution in [0.5, 0.6) is 0 Å². The van der Waals surface area contributed by atoms with E-state index >= 15 is 0 Å². The summed E-state index contributed by atoms with van der Waals surface area (Å²) in [6, 6.07) is 0. The minimum Gasteiger partial charge on any atom is -0.424 e. The standard InChI is InChI=1S/C10H16N4O2.2ClH/c1-7-13-14-9(16-7)6-12-10(15)8-2-4-11-5-3-8;;/h8,11H,2-6H2,1H3,(H,12,15);2*1H. The zero-order chi connectivity index (χ0) is 11.4. The number of nitrogens with zero attached hydrogens (tertiary/aromatic N) is 2. The summed E-state index contributed by atoms with van der Waals surface area (Å²) < 4.78 is 5.17. The van der Waals surface area contributed by atoms with E-state index in [1.54, 1.807) is 6.92 Å². The van der Waals surface area contributed by atoms with Crippen LogP contribution in [-0.4, -0.2) is 29.2 Å². The number of amides is 1. The molecular weight excluding hydrogens is 279 g/mol. The van der Waals surface area contributed by atoms with E-state index in [1.165, 1.54) is 0 Å². The van der Waals surface area contributed by atoms with Crippen LogP contribution in [0.2, 0.25) is 0 Å². The Labute approximate surface area is 118 Å². The first-order valence-corrected chi connectivity index (χ1v) is 5.53. The fraction of sp³-hybridized carbons (Fsp3) is 0.700. The van der Waals surface area contributed by atoms with E-state index in [2.05, 4.69) is 20.8 Å². The average Bonchev–Trinajstić information content (AvgIpc) is 2.73. The van der Waals surface area contributed by atoms with Crippen LogP contribution in [0.15, 0.2) is 4.42 Å². The Balaban J connectivity index is 0.00000144. The van der Waals surface area contributed by atoms with Gasteiger partial charge in [0.1, 0.15) is 0 Å². The minimum atomic E-state index is 0. The minimum absolute atomic E-state index is 0. The third-order valence-electron chi connectivity index (χ3n) is 2.69. The molecule has 1 aliphatic heterocycles. The first-order valence-electron chi connectivity index (χ1n) is 5.53. The van der Waals surface area contributed by atoms with Gasteiger partial charge < -0.3 is 15.1 Å². The molecule has 0 aliphatic carbocycles. The molecule has 18 heavy (non-hydrogen) atoms. The number of aromatic nitrogens is 2. The first-order chi connectivity index (χ1) is 7.75. The van der Waals surface area contributed by atoms with Gasteiger partial charge in [-0.3, -0.25) is 4.79 Å². The molecule has 1 fully saturated rings. The van der Waals surface area contributed by atoms with Crippen LogP contribution in [-0.2, 0) is 11.3 Å². The van der Waals surface area contributed by atoms with Crippen molar-refractivity contribution in [1.29, 1.82) is 0 Å². The van der Waals surface area contributed by atoms with E-state index in [0.717, 1.165) is 25.9 Å². The Morgan fingerprint density at radius 2 is 2.06 bits per heavy atom. The van der Waals surface area contributed by atoms with Gasteiger partial charge in [0, 0.05) is 12.8 Å². The van der Waals surface area contributed by atoms with Crippen LogP contribution in [0.1, 0.15) is 24.6 Å². The average molecular weight is 297 g/mol. The molecule has 0 saturated carbocycles. The molecule has 0 unspecified atom stereocenters. The number of piperidine rings is 1. The molecule has 0 atom stereocenters. The van der Waals surface area contributed by atoms with Crippen molar-refractivity contribution in [2.24, 2.45) is 5.92 Å². The van der Waals surface area contributed by atoms with Gasteiger partial charge in [-0.25, -0.2) is 0 Å². The van der Waals surface area contributed by atoms with Crippen molar-refractivity contribution in [3.05, 3.63) is 11.8 Å². The summed E-state index contributed by atoms with van der Waals surface area (Å²) in [6.45, 7) is 3.88. The second-order valence-corrected chi connectivity index (χ2v) is 3.96. The monoisotopic (exact) mass is 296 g/mol. The lowest BCUT2D eigenvalue weighted by atomic mass is 9.97. The van der Waals surface area contributed by atoms with Gasteiger partial charge in [0.05, 0.1) is 6.54 Å². The molecule has 1 amide bonds. The summed E-state index contributed by atoms with van der Waals surface area (Å²) >= 11 is 0. The number of hydrogen-bond donors (Lipinski definition) is 2. The molecule has 0 radical (unpaired) electrons. The second-order valence-electron chi connectivity index (χ2n) is 3.96. The summed E-state index contributed by atoms with van der Waals surface area (Å²) in [5, 5.41) is 13.6. The fourth-order valence-electron chi connectivity index (χ4n) is 1.80. The molecule has 0 spiro atoms. The Morgan fingerprint density at radius 3 is 2.61 bits per heavy atom. The Hall–Kier alpha value is -0.850. The van der Waals surface area contributed by atoms with Crippen molar-refractivity contribution in [3.8, 4) is 0 Å². The molecule has 1 aliphatic rings. The maximum Gasteiger partial charge on any atom is 0.235 e. The van der Waals surface area contributed by atoms with E-state index in [-0.39, 0.29) is 36.6 Å². The van der Waals surface area contributed by atoms with Crippen molar-refractivity contribution < 1.29 is 9.21 Å². The summed E-state index contributed by atoms with van der Waals surface area (Å²) in [7, 11) is 0. The molecule has 104 valence electrons. The van der Waals surface area contributed by atoms with Crippen LogP contribution in [0.4, 0.5) is 0 Å². The van der Waals surface area contributed by atoms with E-state index < -0.39 is 0 Å². The highest BCUT2D eigenvalue weighted by Gasteiger charge is 2.20. The summed E-state index contributed by atoms with van der Waals surface area (Å²) in [5.74, 6) is 1.17. The molecular formula is C10H18Cl2N4O2. The highest BCUT2D eigenvalue weighted by Crippen LogP contribution is 2.11. The Bertz CT molecular complexity index is 367. The molecule has 2 rings (SSSR count). The molecule has 2 heterocycles. The molecule has 1 aromatic rings. The van der Waals surface area contributed by atoms with E-state index in [1.807, 2.05) is 0 Å². The van der Waals surface area contributed by atoms with Crippen molar-refractivity contribution in [3.63, 3.8) is 0 Å².